The third-order valence-electron chi connectivity index (χ3n) is 7.16. The molecule has 0 amide bonds. The third kappa shape index (κ3) is 3.07. The number of carbonyl (C=O) groups is 1. The third-order valence-corrected chi connectivity index (χ3v) is 7.16. The molecule has 1 N–H and O–H groups in total. The zero-order valence-corrected chi connectivity index (χ0v) is 17.7. The maximum absolute atomic E-state index is 11.0. The largest absolute Gasteiger partial charge is 0.492 e. The second-order valence-electron chi connectivity index (χ2n) is 9.35. The van der Waals surface area contributed by atoms with Gasteiger partial charge in [0.2, 0.25) is 0 Å². The smallest absolute Gasteiger partial charge is 0.304 e. The fourth-order valence-corrected chi connectivity index (χ4v) is 5.06. The van der Waals surface area contributed by atoms with Crippen LogP contribution < -0.4 is 9.47 Å². The molecule has 1 fully saturated rings. The second kappa shape index (κ2) is 7.02. The number of hydrogen-bond acceptors (Lipinski definition) is 4. The molecule has 3 aliphatic rings. The number of benzene rings is 2. The minimum Gasteiger partial charge on any atom is -0.492 e. The van der Waals surface area contributed by atoms with Gasteiger partial charge in [-0.05, 0) is 42.5 Å². The Hall–Kier alpha value is -2.53. The lowest BCUT2D eigenvalue weighted by molar-refractivity contribution is -0.230. The number of carboxylic acid groups (broad SMARTS) is 1. The Labute approximate surface area is 177 Å². The van der Waals surface area contributed by atoms with Gasteiger partial charge < -0.3 is 19.3 Å². The molecule has 158 valence electrons. The van der Waals surface area contributed by atoms with Crippen molar-refractivity contribution in [3.63, 3.8) is 0 Å². The highest BCUT2D eigenvalue weighted by atomic mass is 16.5. The first-order chi connectivity index (χ1) is 14.3. The van der Waals surface area contributed by atoms with Gasteiger partial charge in [0.15, 0.2) is 0 Å². The van der Waals surface area contributed by atoms with Crippen LogP contribution >= 0.6 is 0 Å². The van der Waals surface area contributed by atoms with Crippen molar-refractivity contribution >= 4 is 5.97 Å². The Morgan fingerprint density at radius 1 is 1.20 bits per heavy atom. The molecule has 0 bridgehead atoms. The summed E-state index contributed by atoms with van der Waals surface area (Å²) in [7, 11) is 0. The van der Waals surface area contributed by atoms with Crippen molar-refractivity contribution in [2.75, 3.05) is 6.61 Å². The van der Waals surface area contributed by atoms with E-state index in [9.17, 15) is 4.79 Å². The highest BCUT2D eigenvalue weighted by Crippen LogP contribution is 2.53. The molecule has 0 spiro atoms. The molecule has 2 aromatic rings. The molecule has 2 aromatic carbocycles. The van der Waals surface area contributed by atoms with Gasteiger partial charge in [0, 0.05) is 23.0 Å². The molecule has 0 saturated carbocycles. The summed E-state index contributed by atoms with van der Waals surface area (Å²) in [5.74, 6) is 0.615. The average Bonchev–Trinajstić information content (AvgIpc) is 3.30. The first-order valence-corrected chi connectivity index (χ1v) is 10.8. The summed E-state index contributed by atoms with van der Waals surface area (Å²) in [5.41, 5.74) is 5.01. The van der Waals surface area contributed by atoms with E-state index in [4.69, 9.17) is 19.3 Å². The van der Waals surface area contributed by atoms with Crippen molar-refractivity contribution in [1.29, 1.82) is 0 Å². The van der Waals surface area contributed by atoms with Crippen LogP contribution in [-0.4, -0.2) is 23.8 Å². The van der Waals surface area contributed by atoms with Crippen molar-refractivity contribution in [3.05, 3.63) is 58.7 Å². The Kier molecular flexibility index (Phi) is 4.55. The van der Waals surface area contributed by atoms with Crippen LogP contribution in [0.15, 0.2) is 36.4 Å². The van der Waals surface area contributed by atoms with Gasteiger partial charge in [-0.15, -0.1) is 0 Å². The maximum atomic E-state index is 11.0. The molecular formula is C25H28O5. The zero-order chi connectivity index (χ0) is 21.0. The van der Waals surface area contributed by atoms with Gasteiger partial charge in [0.25, 0.3) is 0 Å². The van der Waals surface area contributed by atoms with Gasteiger partial charge in [-0.2, -0.15) is 0 Å². The van der Waals surface area contributed by atoms with Crippen LogP contribution in [0.4, 0.5) is 0 Å². The van der Waals surface area contributed by atoms with Gasteiger partial charge >= 0.3 is 5.97 Å². The van der Waals surface area contributed by atoms with Crippen LogP contribution in [-0.2, 0) is 16.0 Å². The van der Waals surface area contributed by atoms with Crippen molar-refractivity contribution < 1.29 is 24.1 Å². The zero-order valence-electron chi connectivity index (χ0n) is 17.7. The molecule has 5 heteroatoms. The molecule has 5 rings (SSSR count). The van der Waals surface area contributed by atoms with E-state index in [0.29, 0.717) is 6.61 Å². The number of hydrogen-bond donors (Lipinski definition) is 1. The fourth-order valence-electron chi connectivity index (χ4n) is 5.06. The summed E-state index contributed by atoms with van der Waals surface area (Å²) >= 11 is 0. The SMILES string of the molecule is CC1OC(c2cccc3c2CC[C@H]3Oc2ccc3c(c2)OC[C@H]3CC(=O)O)C1(C)C. The van der Waals surface area contributed by atoms with E-state index < -0.39 is 5.97 Å². The summed E-state index contributed by atoms with van der Waals surface area (Å²) in [5, 5.41) is 9.08. The fraction of sp³-hybridized carbons (Fsp3) is 0.480. The van der Waals surface area contributed by atoms with Crippen LogP contribution in [0.3, 0.4) is 0 Å². The summed E-state index contributed by atoms with van der Waals surface area (Å²) in [4.78, 5) is 11.0. The first kappa shape index (κ1) is 19.4. The summed E-state index contributed by atoms with van der Waals surface area (Å²) < 4.78 is 18.2. The van der Waals surface area contributed by atoms with E-state index in [1.54, 1.807) is 0 Å². The molecule has 5 nitrogen and oxygen atoms in total. The number of fused-ring (bicyclic) bond motifs is 2. The van der Waals surface area contributed by atoms with Crippen molar-refractivity contribution in [3.8, 4) is 11.5 Å². The van der Waals surface area contributed by atoms with Gasteiger partial charge in [-0.25, -0.2) is 0 Å². The summed E-state index contributed by atoms with van der Waals surface area (Å²) in [6.45, 7) is 7.10. The summed E-state index contributed by atoms with van der Waals surface area (Å²) in [6.07, 6.45) is 2.43. The lowest BCUT2D eigenvalue weighted by Crippen LogP contribution is -2.48. The second-order valence-corrected chi connectivity index (χ2v) is 9.35. The molecule has 1 saturated heterocycles. The van der Waals surface area contributed by atoms with E-state index in [-0.39, 0.29) is 36.1 Å². The van der Waals surface area contributed by atoms with Crippen molar-refractivity contribution in [2.24, 2.45) is 5.41 Å². The first-order valence-electron chi connectivity index (χ1n) is 10.8. The van der Waals surface area contributed by atoms with Crippen molar-refractivity contribution in [1.82, 2.24) is 0 Å². The predicted molar refractivity (Wildman–Crippen MR) is 112 cm³/mol. The predicted octanol–water partition coefficient (Wildman–Crippen LogP) is 5.19. The van der Waals surface area contributed by atoms with Crippen LogP contribution in [0, 0.1) is 5.41 Å². The number of ether oxygens (including phenoxy) is 3. The Bertz CT molecular complexity index is 995. The normalized spacial score (nSPS) is 28.2. The molecule has 2 unspecified atom stereocenters. The van der Waals surface area contributed by atoms with Crippen LogP contribution in [0.1, 0.15) is 74.0 Å². The van der Waals surface area contributed by atoms with Crippen LogP contribution in [0.2, 0.25) is 0 Å². The van der Waals surface area contributed by atoms with Crippen LogP contribution in [0.5, 0.6) is 11.5 Å². The molecule has 0 aromatic heterocycles. The number of aliphatic carboxylic acids is 1. The van der Waals surface area contributed by atoms with Gasteiger partial charge in [0.1, 0.15) is 17.6 Å². The molecule has 0 radical (unpaired) electrons. The molecule has 2 heterocycles. The van der Waals surface area contributed by atoms with E-state index in [2.05, 4.69) is 39.0 Å². The van der Waals surface area contributed by atoms with Crippen LogP contribution in [0.25, 0.3) is 0 Å². The average molecular weight is 408 g/mol. The maximum Gasteiger partial charge on any atom is 0.304 e. The number of carboxylic acids is 1. The molecular weight excluding hydrogens is 380 g/mol. The summed E-state index contributed by atoms with van der Waals surface area (Å²) in [6, 6.07) is 12.3. The highest BCUT2D eigenvalue weighted by Gasteiger charge is 2.49. The Balaban J connectivity index is 1.36. The standard InChI is InChI=1S/C25H28O5/c1-14-25(2,3)24(29-14)20-6-4-5-19-18(20)9-10-21(19)30-16-7-8-17-15(11-23(26)27)13-28-22(17)12-16/h4-8,12,14-15,21,24H,9-11,13H2,1-3H3,(H,26,27)/t14?,15-,21-,24?/m1/s1. The van der Waals surface area contributed by atoms with Gasteiger partial charge in [-0.3, -0.25) is 4.79 Å². The topological polar surface area (TPSA) is 65.0 Å². The Morgan fingerprint density at radius 2 is 2.00 bits per heavy atom. The highest BCUT2D eigenvalue weighted by molar-refractivity contribution is 5.68. The van der Waals surface area contributed by atoms with E-state index in [1.807, 2.05) is 18.2 Å². The Morgan fingerprint density at radius 3 is 2.73 bits per heavy atom. The molecule has 1 aliphatic carbocycles. The quantitative estimate of drug-likeness (QED) is 0.738. The number of rotatable bonds is 5. The van der Waals surface area contributed by atoms with Crippen molar-refractivity contribution in [2.45, 2.75) is 64.3 Å². The molecule has 2 aliphatic heterocycles. The molecule has 30 heavy (non-hydrogen) atoms. The van der Waals surface area contributed by atoms with E-state index in [1.165, 1.54) is 16.7 Å². The lowest BCUT2D eigenvalue weighted by Gasteiger charge is -2.51. The lowest BCUT2D eigenvalue weighted by atomic mass is 9.72. The minimum absolute atomic E-state index is 0.00910. The van der Waals surface area contributed by atoms with Gasteiger partial charge in [0.05, 0.1) is 25.2 Å². The van der Waals surface area contributed by atoms with Gasteiger partial charge in [-0.1, -0.05) is 38.1 Å². The van der Waals surface area contributed by atoms with E-state index in [0.717, 1.165) is 29.9 Å². The molecule has 4 atom stereocenters. The minimum atomic E-state index is -0.803. The van der Waals surface area contributed by atoms with E-state index >= 15 is 0 Å². The monoisotopic (exact) mass is 408 g/mol.